The van der Waals surface area contributed by atoms with E-state index in [1.807, 2.05) is 30.3 Å². The largest absolute Gasteiger partial charge is 0.345 e. The van der Waals surface area contributed by atoms with E-state index < -0.39 is 6.04 Å². The van der Waals surface area contributed by atoms with E-state index in [1.165, 1.54) is 4.90 Å². The van der Waals surface area contributed by atoms with Gasteiger partial charge >= 0.3 is 0 Å². The lowest BCUT2D eigenvalue weighted by Gasteiger charge is -2.34. The molecule has 0 spiro atoms. The van der Waals surface area contributed by atoms with E-state index in [4.69, 9.17) is 11.6 Å². The number of nitrogens with one attached hydrogen (secondary N) is 1. The first-order valence-electron chi connectivity index (χ1n) is 5.55. The third-order valence-corrected chi connectivity index (χ3v) is 2.87. The molecule has 0 bridgehead atoms. The zero-order valence-electron chi connectivity index (χ0n) is 9.73. The number of carbonyl (C=O) groups excluding carboxylic acids is 2. The van der Waals surface area contributed by atoms with Crippen LogP contribution in [-0.4, -0.2) is 29.8 Å². The maximum absolute atomic E-state index is 12.0. The average Bonchev–Trinajstić information content (AvgIpc) is 2.35. The Labute approximate surface area is 110 Å². The van der Waals surface area contributed by atoms with Gasteiger partial charge in [-0.3, -0.25) is 9.59 Å². The van der Waals surface area contributed by atoms with Gasteiger partial charge in [-0.1, -0.05) is 48.5 Å². The van der Waals surface area contributed by atoms with Crippen LogP contribution in [0.5, 0.6) is 0 Å². The number of hydrogen-bond donors (Lipinski definition) is 1. The summed E-state index contributed by atoms with van der Waals surface area (Å²) in [5.74, 6) is -0.357. The van der Waals surface area contributed by atoms with Crippen LogP contribution >= 0.6 is 11.6 Å². The van der Waals surface area contributed by atoms with Gasteiger partial charge in [0.25, 0.3) is 0 Å². The molecule has 1 saturated heterocycles. The lowest BCUT2D eigenvalue weighted by molar-refractivity contribution is -0.145. The molecular formula is C13H13ClN2O2. The van der Waals surface area contributed by atoms with Gasteiger partial charge in [-0.2, -0.15) is 0 Å². The number of halogens is 1. The second-order valence-electron chi connectivity index (χ2n) is 4.07. The van der Waals surface area contributed by atoms with Crippen molar-refractivity contribution in [2.45, 2.75) is 6.04 Å². The van der Waals surface area contributed by atoms with Crippen LogP contribution in [0.25, 0.3) is 0 Å². The topological polar surface area (TPSA) is 49.4 Å². The van der Waals surface area contributed by atoms with Crippen LogP contribution in [0, 0.1) is 0 Å². The Morgan fingerprint density at radius 2 is 2.06 bits per heavy atom. The average molecular weight is 265 g/mol. The fraction of sp³-hybridized carbons (Fsp3) is 0.231. The molecule has 5 heteroatoms. The smallest absolute Gasteiger partial charge is 0.247 e. The Kier molecular flexibility index (Phi) is 3.67. The Morgan fingerprint density at radius 3 is 2.67 bits per heavy atom. The molecular weight excluding hydrogens is 252 g/mol. The van der Waals surface area contributed by atoms with Crippen molar-refractivity contribution in [3.8, 4) is 0 Å². The second-order valence-corrected chi connectivity index (χ2v) is 4.60. The van der Waals surface area contributed by atoms with Crippen molar-refractivity contribution in [3.63, 3.8) is 0 Å². The highest BCUT2D eigenvalue weighted by atomic mass is 35.5. The van der Waals surface area contributed by atoms with Gasteiger partial charge in [-0.25, -0.2) is 0 Å². The zero-order chi connectivity index (χ0) is 13.1. The molecule has 0 aromatic heterocycles. The van der Waals surface area contributed by atoms with Gasteiger partial charge in [0.1, 0.15) is 6.04 Å². The molecule has 0 saturated carbocycles. The van der Waals surface area contributed by atoms with E-state index in [-0.39, 0.29) is 24.9 Å². The lowest BCUT2D eigenvalue weighted by Crippen LogP contribution is -2.53. The molecule has 18 heavy (non-hydrogen) atoms. The maximum Gasteiger partial charge on any atom is 0.247 e. The van der Waals surface area contributed by atoms with Gasteiger partial charge in [-0.15, -0.1) is 0 Å². The van der Waals surface area contributed by atoms with E-state index in [9.17, 15) is 9.59 Å². The number of carbonyl (C=O) groups is 2. The number of piperazine rings is 1. The van der Waals surface area contributed by atoms with E-state index >= 15 is 0 Å². The van der Waals surface area contributed by atoms with Gasteiger partial charge < -0.3 is 10.2 Å². The summed E-state index contributed by atoms with van der Waals surface area (Å²) >= 11 is 5.76. The van der Waals surface area contributed by atoms with Crippen molar-refractivity contribution in [3.05, 3.63) is 47.5 Å². The molecule has 1 heterocycles. The van der Waals surface area contributed by atoms with Crippen molar-refractivity contribution in [2.24, 2.45) is 0 Å². The molecule has 1 aliphatic rings. The van der Waals surface area contributed by atoms with E-state index in [1.54, 1.807) is 0 Å². The standard InChI is InChI=1S/C13H13ClN2O2/c1-9(14)8-16-11(17)7-15-13(18)12(16)10-5-3-2-4-6-10/h2-6,12H,1,7-8H2,(H,15,18). The SMILES string of the molecule is C=C(Cl)CN1C(=O)CNC(=O)C1c1ccccc1. The zero-order valence-corrected chi connectivity index (χ0v) is 10.5. The first-order chi connectivity index (χ1) is 8.59. The molecule has 1 aliphatic heterocycles. The lowest BCUT2D eigenvalue weighted by atomic mass is 10.0. The molecule has 1 aromatic rings. The summed E-state index contributed by atoms with van der Waals surface area (Å²) in [7, 11) is 0. The molecule has 94 valence electrons. The molecule has 1 atom stereocenters. The van der Waals surface area contributed by atoms with Gasteiger partial charge in [0.15, 0.2) is 0 Å². The number of rotatable bonds is 3. The van der Waals surface area contributed by atoms with E-state index in [0.717, 1.165) is 5.56 Å². The Bertz CT molecular complexity index is 487. The molecule has 1 N–H and O–H groups in total. The molecule has 1 unspecified atom stereocenters. The van der Waals surface area contributed by atoms with Crippen LogP contribution in [0.1, 0.15) is 11.6 Å². The van der Waals surface area contributed by atoms with E-state index in [2.05, 4.69) is 11.9 Å². The molecule has 4 nitrogen and oxygen atoms in total. The number of amides is 2. The highest BCUT2D eigenvalue weighted by Crippen LogP contribution is 2.24. The minimum Gasteiger partial charge on any atom is -0.345 e. The molecule has 2 rings (SSSR count). The third-order valence-electron chi connectivity index (χ3n) is 2.75. The van der Waals surface area contributed by atoms with Crippen molar-refractivity contribution < 1.29 is 9.59 Å². The van der Waals surface area contributed by atoms with Crippen LogP contribution in [0.15, 0.2) is 41.9 Å². The van der Waals surface area contributed by atoms with Gasteiger partial charge in [0.2, 0.25) is 11.8 Å². The van der Waals surface area contributed by atoms with Crippen LogP contribution in [0.4, 0.5) is 0 Å². The number of hydrogen-bond acceptors (Lipinski definition) is 2. The summed E-state index contributed by atoms with van der Waals surface area (Å²) in [5, 5.41) is 2.91. The van der Waals surface area contributed by atoms with Crippen LogP contribution in [0.2, 0.25) is 0 Å². The Hall–Kier alpha value is -1.81. The second kappa shape index (κ2) is 5.23. The van der Waals surface area contributed by atoms with Crippen molar-refractivity contribution in [1.29, 1.82) is 0 Å². The number of benzene rings is 1. The Morgan fingerprint density at radius 1 is 1.39 bits per heavy atom. The molecule has 1 aromatic carbocycles. The summed E-state index contributed by atoms with van der Waals surface area (Å²) in [6.07, 6.45) is 0. The summed E-state index contributed by atoms with van der Waals surface area (Å²) in [5.41, 5.74) is 0.765. The van der Waals surface area contributed by atoms with Gasteiger partial charge in [0, 0.05) is 5.03 Å². The fourth-order valence-corrected chi connectivity index (χ4v) is 2.11. The van der Waals surface area contributed by atoms with E-state index in [0.29, 0.717) is 5.03 Å². The minimum absolute atomic E-state index is 0.00629. The van der Waals surface area contributed by atoms with Gasteiger partial charge in [-0.05, 0) is 5.56 Å². The summed E-state index contributed by atoms with van der Waals surface area (Å²) < 4.78 is 0. The molecule has 2 amide bonds. The Balaban J connectivity index is 2.35. The maximum atomic E-state index is 12.0. The van der Waals surface area contributed by atoms with Crippen LogP contribution in [-0.2, 0) is 9.59 Å². The molecule has 0 aliphatic carbocycles. The molecule has 1 fully saturated rings. The monoisotopic (exact) mass is 264 g/mol. The quantitative estimate of drug-likeness (QED) is 0.898. The van der Waals surface area contributed by atoms with Crippen LogP contribution in [0.3, 0.4) is 0 Å². The fourth-order valence-electron chi connectivity index (χ4n) is 1.98. The van der Waals surface area contributed by atoms with Crippen LogP contribution < -0.4 is 5.32 Å². The number of nitrogens with zero attached hydrogens (tertiary/aromatic N) is 1. The third kappa shape index (κ3) is 2.54. The summed E-state index contributed by atoms with van der Waals surface area (Å²) in [4.78, 5) is 25.3. The van der Waals surface area contributed by atoms with Crippen molar-refractivity contribution >= 4 is 23.4 Å². The first-order valence-corrected chi connectivity index (χ1v) is 5.93. The first kappa shape index (κ1) is 12.6. The van der Waals surface area contributed by atoms with Gasteiger partial charge in [0.05, 0.1) is 13.1 Å². The van der Waals surface area contributed by atoms with Crippen molar-refractivity contribution in [2.75, 3.05) is 13.1 Å². The predicted octanol–water partition coefficient (Wildman–Crippen LogP) is 1.44. The normalized spacial score (nSPS) is 19.6. The minimum atomic E-state index is -0.636. The predicted molar refractivity (Wildman–Crippen MR) is 68.9 cm³/mol. The summed E-state index contributed by atoms with van der Waals surface area (Å²) in [6, 6.07) is 8.50. The molecule has 0 radical (unpaired) electrons. The highest BCUT2D eigenvalue weighted by Gasteiger charge is 2.35. The van der Waals surface area contributed by atoms with Crippen molar-refractivity contribution in [1.82, 2.24) is 10.2 Å². The highest BCUT2D eigenvalue weighted by molar-refractivity contribution is 6.29. The summed E-state index contributed by atoms with van der Waals surface area (Å²) in [6.45, 7) is 3.76.